The molecule has 3 heterocycles. The molecule has 6 nitrogen and oxygen atoms in total. The Bertz CT molecular complexity index is 1010. The molecule has 1 saturated heterocycles. The number of para-hydroxylation sites is 1. The van der Waals surface area contributed by atoms with Crippen molar-refractivity contribution in [1.82, 2.24) is 20.0 Å². The van der Waals surface area contributed by atoms with E-state index >= 15 is 0 Å². The molecule has 0 unspecified atom stereocenters. The summed E-state index contributed by atoms with van der Waals surface area (Å²) in [6.07, 6.45) is 1.01. The third-order valence-electron chi connectivity index (χ3n) is 5.94. The van der Waals surface area contributed by atoms with Crippen molar-refractivity contribution in [3.63, 3.8) is 0 Å². The van der Waals surface area contributed by atoms with Gasteiger partial charge >= 0.3 is 0 Å². The second kappa shape index (κ2) is 8.24. The molecule has 0 radical (unpaired) electrons. The largest absolute Gasteiger partial charge is 0.335 e. The van der Waals surface area contributed by atoms with Crippen LogP contribution in [-0.4, -0.2) is 58.6 Å². The van der Waals surface area contributed by atoms with E-state index in [2.05, 4.69) is 62.5 Å². The van der Waals surface area contributed by atoms with E-state index in [4.69, 9.17) is 0 Å². The number of piperazine rings is 1. The number of nitrogens with zero attached hydrogens (tertiary/aromatic N) is 5. The van der Waals surface area contributed by atoms with Crippen molar-refractivity contribution in [3.8, 4) is 0 Å². The molecule has 0 saturated carbocycles. The smallest absolute Gasteiger partial charge is 0.274 e. The second-order valence-electron chi connectivity index (χ2n) is 7.86. The number of rotatable bonds is 4. The topological polar surface area (TPSA) is 52.6 Å². The monoisotopic (exact) mass is 399 g/mol. The fourth-order valence-electron chi connectivity index (χ4n) is 4.27. The molecule has 0 atom stereocenters. The first-order valence-corrected chi connectivity index (χ1v) is 10.5. The van der Waals surface area contributed by atoms with E-state index < -0.39 is 0 Å². The lowest BCUT2D eigenvalue weighted by molar-refractivity contribution is 0.0621. The lowest BCUT2D eigenvalue weighted by Crippen LogP contribution is -2.48. The number of hydrogen-bond acceptors (Lipinski definition) is 5. The molecule has 2 aliphatic heterocycles. The first-order chi connectivity index (χ1) is 14.8. The Morgan fingerprint density at radius 3 is 2.33 bits per heavy atom. The molecule has 1 fully saturated rings. The summed E-state index contributed by atoms with van der Waals surface area (Å²) < 4.78 is 0. The quantitative estimate of drug-likeness (QED) is 0.675. The number of benzene rings is 2. The number of hydrogen-bond donors (Lipinski definition) is 0. The van der Waals surface area contributed by atoms with Crippen LogP contribution in [0.4, 0.5) is 11.5 Å². The summed E-state index contributed by atoms with van der Waals surface area (Å²) in [5, 5.41) is 8.63. The lowest BCUT2D eigenvalue weighted by Gasteiger charge is -2.34. The van der Waals surface area contributed by atoms with Crippen LogP contribution in [0.15, 0.2) is 66.7 Å². The molecule has 1 amide bonds. The van der Waals surface area contributed by atoms with E-state index in [0.29, 0.717) is 18.8 Å². The molecular formula is C24H25N5O. The average molecular weight is 399 g/mol. The summed E-state index contributed by atoms with van der Waals surface area (Å²) in [5.74, 6) is 0.763. The maximum absolute atomic E-state index is 12.9. The summed E-state index contributed by atoms with van der Waals surface area (Å²) in [6, 6.07) is 22.5. The zero-order chi connectivity index (χ0) is 20.3. The fraction of sp³-hybridized carbons (Fsp3) is 0.292. The molecule has 1 aromatic heterocycles. The van der Waals surface area contributed by atoms with Crippen LogP contribution in [-0.2, 0) is 13.0 Å². The van der Waals surface area contributed by atoms with E-state index in [1.165, 1.54) is 16.8 Å². The van der Waals surface area contributed by atoms with Gasteiger partial charge in [-0.05, 0) is 35.7 Å². The number of fused-ring (bicyclic) bond motifs is 1. The van der Waals surface area contributed by atoms with Gasteiger partial charge in [-0.25, -0.2) is 0 Å². The zero-order valence-corrected chi connectivity index (χ0v) is 16.9. The van der Waals surface area contributed by atoms with Crippen LogP contribution in [0.2, 0.25) is 0 Å². The van der Waals surface area contributed by atoms with Crippen molar-refractivity contribution in [1.29, 1.82) is 0 Å². The Morgan fingerprint density at radius 1 is 0.800 bits per heavy atom. The van der Waals surface area contributed by atoms with E-state index in [-0.39, 0.29) is 5.91 Å². The number of carbonyl (C=O) groups is 1. The van der Waals surface area contributed by atoms with Crippen LogP contribution >= 0.6 is 0 Å². The van der Waals surface area contributed by atoms with E-state index in [0.717, 1.165) is 38.4 Å². The van der Waals surface area contributed by atoms with Crippen molar-refractivity contribution in [2.24, 2.45) is 0 Å². The minimum absolute atomic E-state index is 0.0322. The zero-order valence-electron chi connectivity index (χ0n) is 16.9. The van der Waals surface area contributed by atoms with Gasteiger partial charge in [0.1, 0.15) is 0 Å². The molecule has 6 heteroatoms. The highest BCUT2D eigenvalue weighted by Gasteiger charge is 2.25. The molecule has 0 N–H and O–H groups in total. The van der Waals surface area contributed by atoms with Gasteiger partial charge in [-0.2, -0.15) is 0 Å². The minimum Gasteiger partial charge on any atom is -0.335 e. The van der Waals surface area contributed by atoms with E-state index in [1.54, 1.807) is 0 Å². The Morgan fingerprint density at radius 2 is 1.57 bits per heavy atom. The highest BCUT2D eigenvalue weighted by Crippen LogP contribution is 2.32. The highest BCUT2D eigenvalue weighted by atomic mass is 16.2. The summed E-state index contributed by atoms with van der Waals surface area (Å²) in [7, 11) is 0. The molecule has 3 aromatic rings. The molecule has 5 rings (SSSR count). The maximum Gasteiger partial charge on any atom is 0.274 e. The molecule has 0 spiro atoms. The van der Waals surface area contributed by atoms with Gasteiger partial charge < -0.3 is 9.80 Å². The van der Waals surface area contributed by atoms with E-state index in [1.807, 2.05) is 29.2 Å². The van der Waals surface area contributed by atoms with Crippen LogP contribution in [0.5, 0.6) is 0 Å². The molecule has 30 heavy (non-hydrogen) atoms. The van der Waals surface area contributed by atoms with Gasteiger partial charge in [0.15, 0.2) is 11.5 Å². The Hall–Kier alpha value is -3.25. The van der Waals surface area contributed by atoms with Crippen LogP contribution < -0.4 is 4.90 Å². The number of carbonyl (C=O) groups excluding carboxylic acids is 1. The van der Waals surface area contributed by atoms with Crippen LogP contribution in [0.3, 0.4) is 0 Å². The molecular weight excluding hydrogens is 374 g/mol. The molecule has 0 aliphatic carbocycles. The van der Waals surface area contributed by atoms with Crippen molar-refractivity contribution >= 4 is 17.4 Å². The van der Waals surface area contributed by atoms with Gasteiger partial charge in [0, 0.05) is 45.0 Å². The standard InChI is InChI=1S/C24H25N5O/c30-24(28-16-14-27(15-17-28)18-19-6-2-1-3-7-19)21-10-11-23(26-25-21)29-13-12-20-8-4-5-9-22(20)29/h1-11H,12-18H2. The molecule has 2 aromatic carbocycles. The summed E-state index contributed by atoms with van der Waals surface area (Å²) >= 11 is 0. The second-order valence-corrected chi connectivity index (χ2v) is 7.86. The van der Waals surface area contributed by atoms with Gasteiger partial charge in [0.05, 0.1) is 0 Å². The Labute approximate surface area is 176 Å². The Kier molecular flexibility index (Phi) is 5.15. The summed E-state index contributed by atoms with van der Waals surface area (Å²) in [6.45, 7) is 5.00. The number of aromatic nitrogens is 2. The van der Waals surface area contributed by atoms with Crippen LogP contribution in [0.25, 0.3) is 0 Å². The van der Waals surface area contributed by atoms with Gasteiger partial charge in [-0.1, -0.05) is 48.5 Å². The third kappa shape index (κ3) is 3.78. The molecule has 152 valence electrons. The van der Waals surface area contributed by atoms with Gasteiger partial charge in [-0.3, -0.25) is 9.69 Å². The van der Waals surface area contributed by atoms with Crippen molar-refractivity contribution in [2.45, 2.75) is 13.0 Å². The maximum atomic E-state index is 12.9. The van der Waals surface area contributed by atoms with Crippen LogP contribution in [0.1, 0.15) is 21.6 Å². The van der Waals surface area contributed by atoms with Crippen molar-refractivity contribution in [3.05, 3.63) is 83.6 Å². The SMILES string of the molecule is O=C(c1ccc(N2CCc3ccccc32)nn1)N1CCN(Cc2ccccc2)CC1. The van der Waals surface area contributed by atoms with Crippen LogP contribution in [0, 0.1) is 0 Å². The highest BCUT2D eigenvalue weighted by molar-refractivity contribution is 5.92. The molecule has 0 bridgehead atoms. The predicted molar refractivity (Wildman–Crippen MR) is 117 cm³/mol. The summed E-state index contributed by atoms with van der Waals surface area (Å²) in [4.78, 5) is 19.3. The van der Waals surface area contributed by atoms with Crippen molar-refractivity contribution < 1.29 is 4.79 Å². The average Bonchev–Trinajstić information content (AvgIpc) is 3.24. The van der Waals surface area contributed by atoms with Crippen molar-refractivity contribution in [2.75, 3.05) is 37.6 Å². The first kappa shape index (κ1) is 18.8. The summed E-state index contributed by atoms with van der Waals surface area (Å²) in [5.41, 5.74) is 4.23. The van der Waals surface area contributed by atoms with Gasteiger partial charge in [-0.15, -0.1) is 10.2 Å². The van der Waals surface area contributed by atoms with Gasteiger partial charge in [0.25, 0.3) is 5.91 Å². The number of anilines is 2. The Balaban J connectivity index is 1.20. The third-order valence-corrected chi connectivity index (χ3v) is 5.94. The fourth-order valence-corrected chi connectivity index (χ4v) is 4.27. The predicted octanol–water partition coefficient (Wildman–Crippen LogP) is 3.13. The first-order valence-electron chi connectivity index (χ1n) is 10.5. The minimum atomic E-state index is -0.0322. The number of amides is 1. The normalized spacial score (nSPS) is 16.5. The van der Waals surface area contributed by atoms with Gasteiger partial charge in [0.2, 0.25) is 0 Å². The molecule has 2 aliphatic rings. The van der Waals surface area contributed by atoms with E-state index in [9.17, 15) is 4.79 Å². The lowest BCUT2D eigenvalue weighted by atomic mass is 10.2.